The van der Waals surface area contributed by atoms with E-state index in [-0.39, 0.29) is 11.9 Å². The van der Waals surface area contributed by atoms with Crippen molar-refractivity contribution >= 4 is 33.4 Å². The molecule has 84 valence electrons. The van der Waals surface area contributed by atoms with Gasteiger partial charge in [-0.15, -0.1) is 11.6 Å². The number of hydrogen-bond acceptors (Lipinski definition) is 2. The Balaban J connectivity index is 2.67. The van der Waals surface area contributed by atoms with E-state index in [1.807, 2.05) is 13.8 Å². The van der Waals surface area contributed by atoms with Gasteiger partial charge in [-0.25, -0.2) is 0 Å². The van der Waals surface area contributed by atoms with Gasteiger partial charge in [-0.05, 0) is 27.9 Å². The third-order valence-corrected chi connectivity index (χ3v) is 3.10. The van der Waals surface area contributed by atoms with Crippen LogP contribution in [0.5, 0.6) is 0 Å². The number of rotatable bonds is 4. The van der Waals surface area contributed by atoms with Crippen LogP contribution in [0.4, 0.5) is 0 Å². The number of carbonyl (C=O) groups is 1. The molecule has 1 atom stereocenters. The molecule has 1 unspecified atom stereocenters. The van der Waals surface area contributed by atoms with Crippen molar-refractivity contribution in [1.29, 1.82) is 0 Å². The van der Waals surface area contributed by atoms with Crippen LogP contribution in [0.3, 0.4) is 0 Å². The first-order chi connectivity index (χ1) is 7.06. The second-order valence-electron chi connectivity index (χ2n) is 3.59. The molecule has 0 saturated carbocycles. The number of nitrogens with one attached hydrogen (secondary N) is 1. The van der Waals surface area contributed by atoms with E-state index in [1.54, 1.807) is 6.07 Å². The number of alkyl halides is 1. The number of furan rings is 1. The van der Waals surface area contributed by atoms with E-state index >= 15 is 0 Å². The summed E-state index contributed by atoms with van der Waals surface area (Å²) < 4.78 is 5.43. The van der Waals surface area contributed by atoms with Crippen molar-refractivity contribution in [3.8, 4) is 0 Å². The molecule has 1 heterocycles. The van der Waals surface area contributed by atoms with Crippen molar-refractivity contribution in [3.63, 3.8) is 0 Å². The summed E-state index contributed by atoms with van der Waals surface area (Å²) in [6.07, 6.45) is 1.46. The first kappa shape index (κ1) is 12.6. The molecule has 0 spiro atoms. The molecule has 1 amide bonds. The molecule has 1 aromatic rings. The van der Waals surface area contributed by atoms with Gasteiger partial charge >= 0.3 is 0 Å². The van der Waals surface area contributed by atoms with Crippen molar-refractivity contribution < 1.29 is 9.21 Å². The predicted octanol–water partition coefficient (Wildman–Crippen LogP) is 3.04. The highest BCUT2D eigenvalue weighted by Crippen LogP contribution is 2.17. The lowest BCUT2D eigenvalue weighted by Gasteiger charge is -2.19. The number of carbonyl (C=O) groups excluding carboxylic acids is 1. The van der Waals surface area contributed by atoms with Crippen molar-refractivity contribution in [1.82, 2.24) is 5.32 Å². The molecule has 1 rings (SSSR count). The minimum atomic E-state index is -0.171. The standard InChI is InChI=1S/C10H13BrClNO2/c1-6(2)8(5-12)13-10(14)7-3-4-15-9(7)11/h3-4,6,8H,5H2,1-2H3,(H,13,14). The Bertz CT molecular complexity index is 338. The normalized spacial score (nSPS) is 12.9. The number of halogens is 2. The minimum Gasteiger partial charge on any atom is -0.457 e. The van der Waals surface area contributed by atoms with Gasteiger partial charge in [-0.3, -0.25) is 4.79 Å². The molecular formula is C10H13BrClNO2. The molecule has 5 heteroatoms. The lowest BCUT2D eigenvalue weighted by Crippen LogP contribution is -2.39. The number of amides is 1. The smallest absolute Gasteiger partial charge is 0.256 e. The molecule has 0 aliphatic heterocycles. The fraction of sp³-hybridized carbons (Fsp3) is 0.500. The second-order valence-corrected chi connectivity index (χ2v) is 4.62. The summed E-state index contributed by atoms with van der Waals surface area (Å²) in [5, 5.41) is 2.85. The molecular weight excluding hydrogens is 281 g/mol. The van der Waals surface area contributed by atoms with Gasteiger partial charge in [0.15, 0.2) is 4.67 Å². The van der Waals surface area contributed by atoms with Gasteiger partial charge in [-0.2, -0.15) is 0 Å². The van der Waals surface area contributed by atoms with E-state index in [2.05, 4.69) is 21.2 Å². The Kier molecular flexibility index (Phi) is 4.67. The highest BCUT2D eigenvalue weighted by atomic mass is 79.9. The second kappa shape index (κ2) is 5.56. The summed E-state index contributed by atoms with van der Waals surface area (Å²) in [5.74, 6) is 0.533. The van der Waals surface area contributed by atoms with Gasteiger partial charge in [0.1, 0.15) is 0 Å². The zero-order valence-corrected chi connectivity index (χ0v) is 10.9. The molecule has 0 fully saturated rings. The van der Waals surface area contributed by atoms with Crippen LogP contribution in [0.1, 0.15) is 24.2 Å². The molecule has 1 aromatic heterocycles. The Morgan fingerprint density at radius 1 is 1.67 bits per heavy atom. The van der Waals surface area contributed by atoms with E-state index in [0.717, 1.165) is 0 Å². The van der Waals surface area contributed by atoms with Gasteiger partial charge in [0.05, 0.1) is 11.8 Å². The van der Waals surface area contributed by atoms with Crippen molar-refractivity contribution in [2.45, 2.75) is 19.9 Å². The fourth-order valence-corrected chi connectivity index (χ4v) is 1.94. The summed E-state index contributed by atoms with van der Waals surface area (Å²) in [6, 6.07) is 1.59. The molecule has 1 N–H and O–H groups in total. The first-order valence-corrected chi connectivity index (χ1v) is 5.98. The van der Waals surface area contributed by atoms with Gasteiger partial charge in [0.2, 0.25) is 0 Å². The predicted molar refractivity (Wildman–Crippen MR) is 63.2 cm³/mol. The molecule has 0 aromatic carbocycles. The van der Waals surface area contributed by atoms with E-state index in [0.29, 0.717) is 22.0 Å². The fourth-order valence-electron chi connectivity index (χ4n) is 1.09. The third-order valence-electron chi connectivity index (χ3n) is 2.15. The maximum atomic E-state index is 11.7. The third kappa shape index (κ3) is 3.24. The van der Waals surface area contributed by atoms with Crippen LogP contribution in [0.25, 0.3) is 0 Å². The van der Waals surface area contributed by atoms with E-state index < -0.39 is 0 Å². The molecule has 0 bridgehead atoms. The van der Waals surface area contributed by atoms with Crippen molar-refractivity contribution in [3.05, 3.63) is 22.6 Å². The maximum absolute atomic E-state index is 11.7. The maximum Gasteiger partial charge on any atom is 0.256 e. The van der Waals surface area contributed by atoms with Gasteiger partial charge in [0.25, 0.3) is 5.91 Å². The summed E-state index contributed by atoms with van der Waals surface area (Å²) in [5.41, 5.74) is 0.491. The summed E-state index contributed by atoms with van der Waals surface area (Å²) in [4.78, 5) is 11.7. The summed E-state index contributed by atoms with van der Waals surface area (Å²) in [6.45, 7) is 4.02. The molecule has 0 aliphatic rings. The van der Waals surface area contributed by atoms with Gasteiger partial charge < -0.3 is 9.73 Å². The quantitative estimate of drug-likeness (QED) is 0.867. The highest BCUT2D eigenvalue weighted by molar-refractivity contribution is 9.10. The molecule has 0 radical (unpaired) electrons. The first-order valence-electron chi connectivity index (χ1n) is 4.66. The topological polar surface area (TPSA) is 42.2 Å². The lowest BCUT2D eigenvalue weighted by atomic mass is 10.1. The molecule has 0 saturated heterocycles. The summed E-state index contributed by atoms with van der Waals surface area (Å²) >= 11 is 8.91. The molecule has 0 aliphatic carbocycles. The lowest BCUT2D eigenvalue weighted by molar-refractivity contribution is 0.0929. The largest absolute Gasteiger partial charge is 0.457 e. The van der Waals surface area contributed by atoms with E-state index in [1.165, 1.54) is 6.26 Å². The van der Waals surface area contributed by atoms with Crippen LogP contribution in [-0.4, -0.2) is 17.8 Å². The van der Waals surface area contributed by atoms with Crippen molar-refractivity contribution in [2.24, 2.45) is 5.92 Å². The highest BCUT2D eigenvalue weighted by Gasteiger charge is 2.18. The Morgan fingerprint density at radius 3 is 2.73 bits per heavy atom. The molecule has 3 nitrogen and oxygen atoms in total. The van der Waals surface area contributed by atoms with E-state index in [4.69, 9.17) is 16.0 Å². The average Bonchev–Trinajstić information content (AvgIpc) is 2.60. The van der Waals surface area contributed by atoms with Crippen LogP contribution in [0.15, 0.2) is 21.4 Å². The Hall–Kier alpha value is -0.480. The van der Waals surface area contributed by atoms with Gasteiger partial charge in [-0.1, -0.05) is 13.8 Å². The zero-order valence-electron chi connectivity index (χ0n) is 8.59. The van der Waals surface area contributed by atoms with Gasteiger partial charge in [0, 0.05) is 11.9 Å². The monoisotopic (exact) mass is 293 g/mol. The Labute approximate surface area is 102 Å². The average molecular weight is 295 g/mol. The number of hydrogen-bond donors (Lipinski definition) is 1. The minimum absolute atomic E-state index is 0.0269. The Morgan fingerprint density at radius 2 is 2.33 bits per heavy atom. The van der Waals surface area contributed by atoms with Crippen LogP contribution in [-0.2, 0) is 0 Å². The van der Waals surface area contributed by atoms with Crippen LogP contribution < -0.4 is 5.32 Å². The summed E-state index contributed by atoms with van der Waals surface area (Å²) in [7, 11) is 0. The van der Waals surface area contributed by atoms with Crippen LogP contribution in [0.2, 0.25) is 0 Å². The van der Waals surface area contributed by atoms with Crippen LogP contribution >= 0.6 is 27.5 Å². The van der Waals surface area contributed by atoms with Crippen molar-refractivity contribution in [2.75, 3.05) is 5.88 Å². The zero-order chi connectivity index (χ0) is 11.4. The molecule has 15 heavy (non-hydrogen) atoms. The van der Waals surface area contributed by atoms with Crippen LogP contribution in [0, 0.1) is 5.92 Å². The SMILES string of the molecule is CC(C)C(CCl)NC(=O)c1ccoc1Br. The van der Waals surface area contributed by atoms with E-state index in [9.17, 15) is 4.79 Å².